The predicted octanol–water partition coefficient (Wildman–Crippen LogP) is 1.86. The summed E-state index contributed by atoms with van der Waals surface area (Å²) in [7, 11) is 0. The van der Waals surface area contributed by atoms with Crippen molar-refractivity contribution in [2.24, 2.45) is 5.92 Å². The van der Waals surface area contributed by atoms with E-state index >= 15 is 0 Å². The molecule has 0 N–H and O–H groups in total. The Morgan fingerprint density at radius 1 is 1.11 bits per heavy atom. The molecular formula is C12H18O6. The number of carbonyl (C=O) groups excluding carboxylic acids is 1. The number of carbonyl (C=O) groups is 1. The number of rotatable bonds is 6. The number of hydrogen-bond acceptors (Lipinski definition) is 6. The second-order valence-electron chi connectivity index (χ2n) is 4.42. The molecule has 1 heterocycles. The van der Waals surface area contributed by atoms with Crippen molar-refractivity contribution >= 4 is 5.97 Å². The van der Waals surface area contributed by atoms with Gasteiger partial charge >= 0.3 is 11.8 Å². The SMILES string of the molecule is CC(C)OCc1oc(=O)oc1COC(=O)C(C)C. The zero-order valence-electron chi connectivity index (χ0n) is 11.0. The maximum absolute atomic E-state index is 11.3. The van der Waals surface area contributed by atoms with Crippen LogP contribution in [0.25, 0.3) is 0 Å². The molecule has 0 aliphatic heterocycles. The van der Waals surface area contributed by atoms with Gasteiger partial charge in [-0.3, -0.25) is 4.79 Å². The first-order valence-electron chi connectivity index (χ1n) is 5.80. The Kier molecular flexibility index (Phi) is 5.15. The van der Waals surface area contributed by atoms with Crippen LogP contribution in [0.2, 0.25) is 0 Å². The molecule has 102 valence electrons. The molecule has 1 aromatic rings. The summed E-state index contributed by atoms with van der Waals surface area (Å²) in [5.74, 6) is -0.985. The van der Waals surface area contributed by atoms with Crippen LogP contribution in [0, 0.1) is 5.92 Å². The summed E-state index contributed by atoms with van der Waals surface area (Å²) in [6.07, 6.45) is -0.00346. The Morgan fingerprint density at radius 2 is 1.67 bits per heavy atom. The van der Waals surface area contributed by atoms with Crippen LogP contribution in [0.3, 0.4) is 0 Å². The zero-order valence-corrected chi connectivity index (χ0v) is 11.0. The van der Waals surface area contributed by atoms with E-state index in [1.807, 2.05) is 13.8 Å². The Morgan fingerprint density at radius 3 is 2.17 bits per heavy atom. The number of hydrogen-bond donors (Lipinski definition) is 0. The predicted molar refractivity (Wildman–Crippen MR) is 61.8 cm³/mol. The Hall–Kier alpha value is -1.56. The Bertz CT molecular complexity index is 440. The van der Waals surface area contributed by atoms with Crippen molar-refractivity contribution in [1.29, 1.82) is 0 Å². The first-order valence-corrected chi connectivity index (χ1v) is 5.80. The lowest BCUT2D eigenvalue weighted by Gasteiger charge is -2.07. The highest BCUT2D eigenvalue weighted by Crippen LogP contribution is 2.12. The van der Waals surface area contributed by atoms with Crippen molar-refractivity contribution in [2.75, 3.05) is 0 Å². The highest BCUT2D eigenvalue weighted by Gasteiger charge is 2.17. The maximum atomic E-state index is 11.3. The van der Waals surface area contributed by atoms with Crippen LogP contribution in [-0.2, 0) is 27.5 Å². The molecule has 6 heteroatoms. The fourth-order valence-electron chi connectivity index (χ4n) is 1.10. The molecule has 0 spiro atoms. The standard InChI is InChI=1S/C12H18O6/c1-7(2)11(13)16-6-10-9(5-15-8(3)4)17-12(14)18-10/h7-8H,5-6H2,1-4H3. The first-order chi connectivity index (χ1) is 8.40. The molecule has 0 unspecified atom stereocenters. The minimum absolute atomic E-state index is 0.00346. The second-order valence-corrected chi connectivity index (χ2v) is 4.42. The van der Waals surface area contributed by atoms with Crippen molar-refractivity contribution in [1.82, 2.24) is 0 Å². The van der Waals surface area contributed by atoms with Gasteiger partial charge < -0.3 is 18.3 Å². The molecule has 0 saturated carbocycles. The molecule has 0 fully saturated rings. The Labute approximate surface area is 105 Å². The molecule has 0 saturated heterocycles. The van der Waals surface area contributed by atoms with E-state index < -0.39 is 5.82 Å². The maximum Gasteiger partial charge on any atom is 0.519 e. The minimum Gasteiger partial charge on any atom is -0.457 e. The van der Waals surface area contributed by atoms with Crippen LogP contribution in [0.15, 0.2) is 13.6 Å². The van der Waals surface area contributed by atoms with Gasteiger partial charge in [-0.25, -0.2) is 4.79 Å². The van der Waals surface area contributed by atoms with Crippen molar-refractivity contribution in [2.45, 2.75) is 47.0 Å². The molecule has 0 aliphatic carbocycles. The third kappa shape index (κ3) is 4.37. The van der Waals surface area contributed by atoms with Crippen LogP contribution in [0.5, 0.6) is 0 Å². The topological polar surface area (TPSA) is 78.9 Å². The zero-order chi connectivity index (χ0) is 13.7. The highest BCUT2D eigenvalue weighted by atomic mass is 16.6. The molecule has 0 aromatic carbocycles. The Balaban J connectivity index is 2.64. The lowest BCUT2D eigenvalue weighted by atomic mass is 10.2. The molecular weight excluding hydrogens is 240 g/mol. The summed E-state index contributed by atoms with van der Waals surface area (Å²) >= 11 is 0. The van der Waals surface area contributed by atoms with Crippen molar-refractivity contribution in [3.05, 3.63) is 22.1 Å². The summed E-state index contributed by atoms with van der Waals surface area (Å²) in [4.78, 5) is 22.3. The lowest BCUT2D eigenvalue weighted by molar-refractivity contribution is -0.149. The smallest absolute Gasteiger partial charge is 0.457 e. The van der Waals surface area contributed by atoms with E-state index in [2.05, 4.69) is 0 Å². The molecule has 0 aliphatic rings. The van der Waals surface area contributed by atoms with Gasteiger partial charge in [0.1, 0.15) is 6.61 Å². The monoisotopic (exact) mass is 258 g/mol. The molecule has 0 bridgehead atoms. The van der Waals surface area contributed by atoms with Crippen LogP contribution in [0.4, 0.5) is 0 Å². The molecule has 0 atom stereocenters. The van der Waals surface area contributed by atoms with E-state index in [0.29, 0.717) is 0 Å². The normalized spacial score (nSPS) is 11.2. The summed E-state index contributed by atoms with van der Waals surface area (Å²) in [5, 5.41) is 0. The van der Waals surface area contributed by atoms with Gasteiger partial charge in [0.15, 0.2) is 18.1 Å². The number of ether oxygens (including phenoxy) is 2. The van der Waals surface area contributed by atoms with Crippen LogP contribution >= 0.6 is 0 Å². The lowest BCUT2D eigenvalue weighted by Crippen LogP contribution is -2.12. The van der Waals surface area contributed by atoms with E-state index in [1.165, 1.54) is 0 Å². The van der Waals surface area contributed by atoms with Crippen LogP contribution in [-0.4, -0.2) is 12.1 Å². The van der Waals surface area contributed by atoms with Gasteiger partial charge in [-0.1, -0.05) is 13.8 Å². The van der Waals surface area contributed by atoms with Crippen molar-refractivity contribution < 1.29 is 23.1 Å². The summed E-state index contributed by atoms with van der Waals surface area (Å²) in [6, 6.07) is 0. The van der Waals surface area contributed by atoms with Gasteiger partial charge in [-0.2, -0.15) is 0 Å². The van der Waals surface area contributed by atoms with Crippen LogP contribution < -0.4 is 5.82 Å². The molecule has 1 rings (SSSR count). The van der Waals surface area contributed by atoms with E-state index in [1.54, 1.807) is 13.8 Å². The second kappa shape index (κ2) is 6.39. The van der Waals surface area contributed by atoms with Gasteiger partial charge in [0.25, 0.3) is 0 Å². The van der Waals surface area contributed by atoms with Gasteiger partial charge in [0.2, 0.25) is 0 Å². The highest BCUT2D eigenvalue weighted by molar-refractivity contribution is 5.71. The van der Waals surface area contributed by atoms with E-state index in [0.717, 1.165) is 0 Å². The van der Waals surface area contributed by atoms with Gasteiger partial charge in [-0.05, 0) is 13.8 Å². The molecule has 6 nitrogen and oxygen atoms in total. The molecule has 1 aromatic heterocycles. The average molecular weight is 258 g/mol. The van der Waals surface area contributed by atoms with Crippen molar-refractivity contribution in [3.63, 3.8) is 0 Å². The summed E-state index contributed by atoms with van der Waals surface area (Å²) in [6.45, 7) is 7.14. The molecule has 0 amide bonds. The largest absolute Gasteiger partial charge is 0.519 e. The van der Waals surface area contributed by atoms with Gasteiger partial charge in [0, 0.05) is 0 Å². The fraction of sp³-hybridized carbons (Fsp3) is 0.667. The third-order valence-electron chi connectivity index (χ3n) is 2.09. The summed E-state index contributed by atoms with van der Waals surface area (Å²) < 4.78 is 19.9. The van der Waals surface area contributed by atoms with Gasteiger partial charge in [0.05, 0.1) is 12.0 Å². The molecule has 18 heavy (non-hydrogen) atoms. The van der Waals surface area contributed by atoms with E-state index in [4.69, 9.17) is 18.3 Å². The average Bonchev–Trinajstić information content (AvgIpc) is 2.63. The fourth-order valence-corrected chi connectivity index (χ4v) is 1.10. The third-order valence-corrected chi connectivity index (χ3v) is 2.09. The van der Waals surface area contributed by atoms with E-state index in [9.17, 15) is 9.59 Å². The number of esters is 1. The quantitative estimate of drug-likeness (QED) is 0.724. The van der Waals surface area contributed by atoms with E-state index in [-0.39, 0.29) is 42.7 Å². The molecule has 0 radical (unpaired) electrons. The van der Waals surface area contributed by atoms with Crippen LogP contribution in [0.1, 0.15) is 39.2 Å². The van der Waals surface area contributed by atoms with Gasteiger partial charge in [-0.15, -0.1) is 0 Å². The summed E-state index contributed by atoms with van der Waals surface area (Å²) in [5.41, 5.74) is 0. The minimum atomic E-state index is -0.826. The van der Waals surface area contributed by atoms with Crippen molar-refractivity contribution in [3.8, 4) is 0 Å². The first kappa shape index (κ1) is 14.5.